The zero-order valence-corrected chi connectivity index (χ0v) is 11.6. The molecule has 1 unspecified atom stereocenters. The van der Waals surface area contributed by atoms with Gasteiger partial charge in [0.05, 0.1) is 5.69 Å². The molecule has 1 atom stereocenters. The molecular weight excluding hydrogens is 332 g/mol. The summed E-state index contributed by atoms with van der Waals surface area (Å²) in [5.41, 5.74) is 0.862. The van der Waals surface area contributed by atoms with Gasteiger partial charge in [-0.3, -0.25) is 0 Å². The van der Waals surface area contributed by atoms with E-state index in [1.54, 1.807) is 0 Å². The van der Waals surface area contributed by atoms with Crippen LogP contribution in [0.15, 0.2) is 64.9 Å². The normalized spacial score (nSPS) is 22.8. The van der Waals surface area contributed by atoms with E-state index in [1.807, 2.05) is 54.6 Å². The fraction of sp³-hybridized carbons (Fsp3) is 0.167. The Balaban J connectivity index is 2.13. The van der Waals surface area contributed by atoms with Gasteiger partial charge >= 0.3 is 0 Å². The van der Waals surface area contributed by atoms with E-state index in [4.69, 9.17) is 0 Å². The number of hydrogen-bond acceptors (Lipinski definition) is 2. The van der Waals surface area contributed by atoms with Crippen molar-refractivity contribution in [2.45, 2.75) is 9.28 Å². The number of rotatable bonds is 2. The van der Waals surface area contributed by atoms with Crippen LogP contribution in [0, 0.1) is 0 Å². The Bertz CT molecular complexity index is 436. The lowest BCUT2D eigenvalue weighted by Gasteiger charge is -2.22. The maximum atomic E-state index is 4.30. The largest absolute Gasteiger partial charge is 0.178 e. The molecule has 1 aromatic rings. The van der Waals surface area contributed by atoms with Crippen LogP contribution in [0.2, 0.25) is 0 Å². The third-order valence-corrected chi connectivity index (χ3v) is 3.64. The molecule has 82 valence electrons. The maximum Gasteiger partial charge on any atom is 0.126 e. The summed E-state index contributed by atoms with van der Waals surface area (Å²) < 4.78 is -0.326. The predicted molar refractivity (Wildman–Crippen MR) is 73.6 cm³/mol. The van der Waals surface area contributed by atoms with Crippen molar-refractivity contribution < 1.29 is 0 Å². The first-order valence-electron chi connectivity index (χ1n) is 4.88. The molecule has 1 aliphatic carbocycles. The molecule has 0 radical (unpaired) electrons. The molecule has 0 amide bonds. The Labute approximate surface area is 111 Å². The average Bonchev–Trinajstić information content (AvgIpc) is 2.28. The van der Waals surface area contributed by atoms with E-state index in [0.717, 1.165) is 5.69 Å². The van der Waals surface area contributed by atoms with Crippen LogP contribution in [0.1, 0.15) is 0 Å². The SMILES string of the molecule is BrC1(Br)C=CC=CC1N=Nc1ccccc1. The summed E-state index contributed by atoms with van der Waals surface area (Å²) in [6.07, 6.45) is 7.94. The van der Waals surface area contributed by atoms with Gasteiger partial charge in [0.15, 0.2) is 0 Å². The number of nitrogens with zero attached hydrogens (tertiary/aromatic N) is 2. The summed E-state index contributed by atoms with van der Waals surface area (Å²) in [4.78, 5) is 0. The molecule has 0 fully saturated rings. The minimum atomic E-state index is -0.326. The van der Waals surface area contributed by atoms with Crippen LogP contribution in [-0.2, 0) is 0 Å². The van der Waals surface area contributed by atoms with Crippen molar-refractivity contribution in [2.24, 2.45) is 10.2 Å². The first kappa shape index (κ1) is 11.7. The number of halogens is 2. The van der Waals surface area contributed by atoms with E-state index in [0.29, 0.717) is 0 Å². The molecule has 2 nitrogen and oxygen atoms in total. The lowest BCUT2D eigenvalue weighted by atomic mass is 10.1. The lowest BCUT2D eigenvalue weighted by molar-refractivity contribution is 0.772. The van der Waals surface area contributed by atoms with E-state index in [-0.39, 0.29) is 9.28 Å². The van der Waals surface area contributed by atoms with E-state index in [9.17, 15) is 0 Å². The highest BCUT2D eigenvalue weighted by molar-refractivity contribution is 9.25. The zero-order chi connectivity index (χ0) is 11.4. The third-order valence-electron chi connectivity index (χ3n) is 2.17. The van der Waals surface area contributed by atoms with Gasteiger partial charge in [-0.2, -0.15) is 10.2 Å². The third kappa shape index (κ3) is 2.89. The molecule has 0 heterocycles. The van der Waals surface area contributed by atoms with Gasteiger partial charge in [-0.05, 0) is 12.1 Å². The summed E-state index contributed by atoms with van der Waals surface area (Å²) in [6, 6.07) is 9.66. The van der Waals surface area contributed by atoms with E-state index in [2.05, 4.69) is 42.1 Å². The van der Waals surface area contributed by atoms with Crippen LogP contribution >= 0.6 is 31.9 Å². The Hall–Kier alpha value is -0.740. The Kier molecular flexibility index (Phi) is 3.71. The van der Waals surface area contributed by atoms with Crippen molar-refractivity contribution in [1.82, 2.24) is 0 Å². The summed E-state index contributed by atoms with van der Waals surface area (Å²) in [5.74, 6) is 0. The van der Waals surface area contributed by atoms with Gasteiger partial charge in [-0.1, -0.05) is 74.4 Å². The molecule has 16 heavy (non-hydrogen) atoms. The second-order valence-electron chi connectivity index (χ2n) is 3.41. The molecule has 2 rings (SSSR count). The van der Waals surface area contributed by atoms with E-state index < -0.39 is 0 Å². The van der Waals surface area contributed by atoms with Crippen molar-refractivity contribution in [3.8, 4) is 0 Å². The van der Waals surface area contributed by atoms with Gasteiger partial charge in [-0.15, -0.1) is 0 Å². The quantitative estimate of drug-likeness (QED) is 0.547. The second-order valence-corrected chi connectivity index (χ2v) is 7.10. The molecule has 1 aromatic carbocycles. The van der Waals surface area contributed by atoms with Crippen LogP contribution < -0.4 is 0 Å². The van der Waals surface area contributed by atoms with Crippen LogP contribution in [-0.4, -0.2) is 9.28 Å². The van der Waals surface area contributed by atoms with Crippen molar-refractivity contribution in [1.29, 1.82) is 0 Å². The molecule has 0 spiro atoms. The fourth-order valence-electron chi connectivity index (χ4n) is 1.32. The molecular formula is C12H10Br2N2. The second kappa shape index (κ2) is 5.06. The van der Waals surface area contributed by atoms with Crippen LogP contribution in [0.5, 0.6) is 0 Å². The number of benzene rings is 1. The average molecular weight is 342 g/mol. The molecule has 1 aliphatic rings. The van der Waals surface area contributed by atoms with Crippen molar-refractivity contribution in [3.63, 3.8) is 0 Å². The standard InChI is InChI=1S/C12H10Br2N2/c13-12(14)9-5-4-8-11(12)16-15-10-6-2-1-3-7-10/h1-9,11H. The number of alkyl halides is 2. The van der Waals surface area contributed by atoms with Crippen LogP contribution in [0.4, 0.5) is 5.69 Å². The highest BCUT2D eigenvalue weighted by atomic mass is 79.9. The number of azo groups is 1. The van der Waals surface area contributed by atoms with Crippen LogP contribution in [0.3, 0.4) is 0 Å². The fourth-order valence-corrected chi connectivity index (χ4v) is 2.11. The predicted octanol–water partition coefficient (Wildman–Crippen LogP) is 4.75. The van der Waals surface area contributed by atoms with Gasteiger partial charge in [0.2, 0.25) is 0 Å². The summed E-state index contributed by atoms with van der Waals surface area (Å²) in [5, 5.41) is 8.50. The molecule has 0 bridgehead atoms. The zero-order valence-electron chi connectivity index (χ0n) is 8.42. The first-order chi connectivity index (χ1) is 7.68. The van der Waals surface area contributed by atoms with E-state index in [1.165, 1.54) is 0 Å². The van der Waals surface area contributed by atoms with Gasteiger partial charge in [0.25, 0.3) is 0 Å². The number of hydrogen-bond donors (Lipinski definition) is 0. The van der Waals surface area contributed by atoms with Gasteiger partial charge in [-0.25, -0.2) is 0 Å². The van der Waals surface area contributed by atoms with Gasteiger partial charge in [0.1, 0.15) is 9.28 Å². The van der Waals surface area contributed by atoms with Crippen molar-refractivity contribution >= 4 is 37.5 Å². The Morgan fingerprint density at radius 3 is 2.50 bits per heavy atom. The molecule has 0 aromatic heterocycles. The molecule has 4 heteroatoms. The van der Waals surface area contributed by atoms with Crippen molar-refractivity contribution in [2.75, 3.05) is 0 Å². The minimum Gasteiger partial charge on any atom is -0.178 e. The van der Waals surface area contributed by atoms with Crippen molar-refractivity contribution in [3.05, 3.63) is 54.6 Å². The number of allylic oxidation sites excluding steroid dienone is 2. The van der Waals surface area contributed by atoms with Gasteiger partial charge in [0, 0.05) is 0 Å². The smallest absolute Gasteiger partial charge is 0.126 e. The molecule has 0 saturated heterocycles. The van der Waals surface area contributed by atoms with Gasteiger partial charge < -0.3 is 0 Å². The summed E-state index contributed by atoms with van der Waals surface area (Å²) in [7, 11) is 0. The minimum absolute atomic E-state index is 0.0438. The molecule has 0 N–H and O–H groups in total. The lowest BCUT2D eigenvalue weighted by Crippen LogP contribution is -2.25. The monoisotopic (exact) mass is 340 g/mol. The summed E-state index contributed by atoms with van der Waals surface area (Å²) in [6.45, 7) is 0. The summed E-state index contributed by atoms with van der Waals surface area (Å²) >= 11 is 7.11. The first-order valence-corrected chi connectivity index (χ1v) is 6.47. The highest BCUT2D eigenvalue weighted by Crippen LogP contribution is 2.37. The Morgan fingerprint density at radius 2 is 1.81 bits per heavy atom. The topological polar surface area (TPSA) is 24.7 Å². The van der Waals surface area contributed by atoms with Crippen LogP contribution in [0.25, 0.3) is 0 Å². The molecule has 0 aliphatic heterocycles. The highest BCUT2D eigenvalue weighted by Gasteiger charge is 2.30. The van der Waals surface area contributed by atoms with E-state index >= 15 is 0 Å². The maximum absolute atomic E-state index is 4.30. The molecule has 0 saturated carbocycles. The Morgan fingerprint density at radius 1 is 1.06 bits per heavy atom.